The molecule has 9 heteroatoms. The zero-order chi connectivity index (χ0) is 12.9. The first-order valence-electron chi connectivity index (χ1n) is 5.08. The van der Waals surface area contributed by atoms with Crippen molar-refractivity contribution in [2.24, 2.45) is 0 Å². The highest BCUT2D eigenvalue weighted by molar-refractivity contribution is 7.87. The van der Waals surface area contributed by atoms with Crippen molar-refractivity contribution < 1.29 is 17.9 Å². The van der Waals surface area contributed by atoms with Crippen LogP contribution in [0.1, 0.15) is 6.92 Å². The van der Waals surface area contributed by atoms with Crippen LogP contribution in [0.2, 0.25) is 0 Å². The largest absolute Gasteiger partial charge is 0.449 e. The topological polar surface area (TPSA) is 112 Å². The van der Waals surface area contributed by atoms with Crippen LogP contribution in [-0.2, 0) is 14.9 Å². The maximum absolute atomic E-state index is 11.8. The average molecular weight is 262 g/mol. The molecular weight excluding hydrogens is 248 g/mol. The molecule has 1 rings (SSSR count). The van der Waals surface area contributed by atoms with Crippen LogP contribution in [0.4, 0.5) is 4.79 Å². The van der Waals surface area contributed by atoms with E-state index < -0.39 is 22.3 Å². The Hall–Kier alpha value is -1.37. The van der Waals surface area contributed by atoms with Crippen LogP contribution in [-0.4, -0.2) is 51.1 Å². The number of piperazine rings is 1. The summed E-state index contributed by atoms with van der Waals surface area (Å²) in [5.74, 6) is 0. The first-order valence-corrected chi connectivity index (χ1v) is 6.52. The number of nitriles is 1. The summed E-state index contributed by atoms with van der Waals surface area (Å²) in [5.41, 5.74) is 0. The number of hydrogen-bond acceptors (Lipinski definition) is 6. The standard InChI is InChI=1S/C8H14N4O4S/c1-2-16-8(13)11-17(14,15)12-4-3-10-6-7(12)5-9/h7,10H,2-4,6H2,1H3,(H,11,13). The van der Waals surface area contributed by atoms with Gasteiger partial charge in [0.2, 0.25) is 0 Å². The van der Waals surface area contributed by atoms with Crippen molar-refractivity contribution in [1.29, 1.82) is 5.26 Å². The molecule has 0 aromatic heterocycles. The average Bonchev–Trinajstić information content (AvgIpc) is 2.28. The number of hydrogen-bond donors (Lipinski definition) is 2. The zero-order valence-electron chi connectivity index (χ0n) is 9.34. The van der Waals surface area contributed by atoms with Gasteiger partial charge in [-0.3, -0.25) is 0 Å². The van der Waals surface area contributed by atoms with E-state index in [2.05, 4.69) is 10.1 Å². The van der Waals surface area contributed by atoms with Gasteiger partial charge in [-0.15, -0.1) is 0 Å². The SMILES string of the molecule is CCOC(=O)NS(=O)(=O)N1CCNCC1C#N. The van der Waals surface area contributed by atoms with E-state index in [1.807, 2.05) is 6.07 Å². The molecule has 0 aromatic rings. The van der Waals surface area contributed by atoms with Crippen LogP contribution >= 0.6 is 0 Å². The van der Waals surface area contributed by atoms with E-state index in [1.165, 1.54) is 0 Å². The number of ether oxygens (including phenoxy) is 1. The number of carbonyl (C=O) groups is 1. The van der Waals surface area contributed by atoms with Crippen molar-refractivity contribution in [2.75, 3.05) is 26.2 Å². The Kier molecular flexibility index (Phi) is 4.68. The highest BCUT2D eigenvalue weighted by Gasteiger charge is 2.33. The molecule has 1 atom stereocenters. The molecular formula is C8H14N4O4S. The van der Waals surface area contributed by atoms with Gasteiger partial charge in [0.25, 0.3) is 0 Å². The smallest absolute Gasteiger partial charge is 0.421 e. The molecule has 2 N–H and O–H groups in total. The second-order valence-corrected chi connectivity index (χ2v) is 4.91. The summed E-state index contributed by atoms with van der Waals surface area (Å²) in [7, 11) is -4.02. The lowest BCUT2D eigenvalue weighted by atomic mass is 10.3. The van der Waals surface area contributed by atoms with Crippen LogP contribution < -0.4 is 10.0 Å². The molecule has 1 heterocycles. The molecule has 0 bridgehead atoms. The van der Waals surface area contributed by atoms with Crippen LogP contribution in [0, 0.1) is 11.3 Å². The van der Waals surface area contributed by atoms with E-state index >= 15 is 0 Å². The highest BCUT2D eigenvalue weighted by Crippen LogP contribution is 2.07. The third kappa shape index (κ3) is 3.55. The van der Waals surface area contributed by atoms with Crippen LogP contribution in [0.3, 0.4) is 0 Å². The molecule has 17 heavy (non-hydrogen) atoms. The van der Waals surface area contributed by atoms with Gasteiger partial charge in [0, 0.05) is 19.6 Å². The highest BCUT2D eigenvalue weighted by atomic mass is 32.2. The van der Waals surface area contributed by atoms with Gasteiger partial charge in [-0.05, 0) is 6.92 Å². The van der Waals surface area contributed by atoms with E-state index in [0.29, 0.717) is 6.54 Å². The van der Waals surface area contributed by atoms with Gasteiger partial charge in [0.15, 0.2) is 0 Å². The fourth-order valence-corrected chi connectivity index (χ4v) is 2.58. The van der Waals surface area contributed by atoms with Gasteiger partial charge in [-0.25, -0.2) is 9.52 Å². The quantitative estimate of drug-likeness (QED) is 0.659. The van der Waals surface area contributed by atoms with E-state index in [0.717, 1.165) is 4.31 Å². The molecule has 1 unspecified atom stereocenters. The van der Waals surface area contributed by atoms with E-state index in [9.17, 15) is 13.2 Å². The van der Waals surface area contributed by atoms with Crippen LogP contribution in [0.15, 0.2) is 0 Å². The van der Waals surface area contributed by atoms with Gasteiger partial charge in [0.05, 0.1) is 12.7 Å². The minimum absolute atomic E-state index is 0.0740. The molecule has 0 saturated carbocycles. The van der Waals surface area contributed by atoms with Crippen molar-refractivity contribution >= 4 is 16.3 Å². The Morgan fingerprint density at radius 2 is 2.41 bits per heavy atom. The lowest BCUT2D eigenvalue weighted by molar-refractivity contribution is 0.157. The van der Waals surface area contributed by atoms with Gasteiger partial charge in [-0.2, -0.15) is 18.0 Å². The third-order valence-electron chi connectivity index (χ3n) is 2.14. The van der Waals surface area contributed by atoms with E-state index in [1.54, 1.807) is 11.6 Å². The summed E-state index contributed by atoms with van der Waals surface area (Å²) in [6.45, 7) is 2.44. The van der Waals surface area contributed by atoms with Crippen molar-refractivity contribution in [1.82, 2.24) is 14.3 Å². The molecule has 1 aliphatic heterocycles. The van der Waals surface area contributed by atoms with E-state index in [4.69, 9.17) is 5.26 Å². The number of carbonyl (C=O) groups excluding carboxylic acids is 1. The summed E-state index contributed by atoms with van der Waals surface area (Å²) in [4.78, 5) is 11.1. The maximum Gasteiger partial charge on any atom is 0.421 e. The molecule has 1 saturated heterocycles. The van der Waals surface area contributed by atoms with Crippen LogP contribution in [0.5, 0.6) is 0 Å². The Balaban J connectivity index is 2.75. The Bertz CT molecular complexity index is 416. The molecule has 0 aliphatic carbocycles. The fraction of sp³-hybridized carbons (Fsp3) is 0.750. The molecule has 1 fully saturated rings. The monoisotopic (exact) mass is 262 g/mol. The van der Waals surface area contributed by atoms with Crippen molar-refractivity contribution in [2.45, 2.75) is 13.0 Å². The van der Waals surface area contributed by atoms with Crippen molar-refractivity contribution in [3.05, 3.63) is 0 Å². The molecule has 8 nitrogen and oxygen atoms in total. The summed E-state index contributed by atoms with van der Waals surface area (Å²) in [5, 5.41) is 11.7. The normalized spacial score (nSPS) is 21.5. The molecule has 1 aliphatic rings. The second-order valence-electron chi connectivity index (χ2n) is 3.29. The number of nitrogens with one attached hydrogen (secondary N) is 2. The fourth-order valence-electron chi connectivity index (χ4n) is 1.41. The van der Waals surface area contributed by atoms with Crippen LogP contribution in [0.25, 0.3) is 0 Å². The first-order chi connectivity index (χ1) is 8.01. The second kappa shape index (κ2) is 5.81. The molecule has 96 valence electrons. The third-order valence-corrected chi connectivity index (χ3v) is 3.62. The minimum Gasteiger partial charge on any atom is -0.449 e. The number of amides is 1. The lowest BCUT2D eigenvalue weighted by Gasteiger charge is -2.30. The lowest BCUT2D eigenvalue weighted by Crippen LogP contribution is -2.56. The first kappa shape index (κ1) is 13.7. The zero-order valence-corrected chi connectivity index (χ0v) is 10.2. The molecule has 0 spiro atoms. The van der Waals surface area contributed by atoms with Gasteiger partial charge < -0.3 is 10.1 Å². The molecule has 0 radical (unpaired) electrons. The van der Waals surface area contributed by atoms with Gasteiger partial charge >= 0.3 is 16.3 Å². The maximum atomic E-state index is 11.8. The summed E-state index contributed by atoms with van der Waals surface area (Å²) >= 11 is 0. The van der Waals surface area contributed by atoms with Gasteiger partial charge in [-0.1, -0.05) is 0 Å². The summed E-state index contributed by atoms with van der Waals surface area (Å²) in [6.07, 6.45) is -1.04. The van der Waals surface area contributed by atoms with Crippen molar-refractivity contribution in [3.63, 3.8) is 0 Å². The van der Waals surface area contributed by atoms with E-state index in [-0.39, 0.29) is 19.7 Å². The minimum atomic E-state index is -4.02. The van der Waals surface area contributed by atoms with Crippen molar-refractivity contribution in [3.8, 4) is 6.07 Å². The number of nitrogens with zero attached hydrogens (tertiary/aromatic N) is 2. The summed E-state index contributed by atoms with van der Waals surface area (Å²) in [6, 6.07) is 1.03. The molecule has 1 amide bonds. The Labute approximate surface area is 99.7 Å². The summed E-state index contributed by atoms with van der Waals surface area (Å²) < 4.78 is 30.7. The van der Waals surface area contributed by atoms with Gasteiger partial charge in [0.1, 0.15) is 6.04 Å². The molecule has 0 aromatic carbocycles. The predicted octanol–water partition coefficient (Wildman–Crippen LogP) is -1.23. The Morgan fingerprint density at radius 1 is 1.71 bits per heavy atom. The number of rotatable bonds is 3. The Morgan fingerprint density at radius 3 is 3.00 bits per heavy atom. The predicted molar refractivity (Wildman–Crippen MR) is 58.1 cm³/mol.